The molecule has 10 atom stereocenters. The minimum atomic E-state index is -0.0949. The first kappa shape index (κ1) is 22.9. The van der Waals surface area contributed by atoms with Crippen molar-refractivity contribution in [1.29, 1.82) is 0 Å². The van der Waals surface area contributed by atoms with Gasteiger partial charge in [-0.25, -0.2) is 0 Å². The lowest BCUT2D eigenvalue weighted by Gasteiger charge is -2.61. The van der Waals surface area contributed by atoms with Crippen molar-refractivity contribution in [1.82, 2.24) is 0 Å². The van der Waals surface area contributed by atoms with Gasteiger partial charge in [0.05, 0.1) is 11.7 Å². The summed E-state index contributed by atoms with van der Waals surface area (Å²) < 4.78 is 12.8. The zero-order chi connectivity index (χ0) is 23.2. The lowest BCUT2D eigenvalue weighted by molar-refractivity contribution is -0.161. The molecule has 1 aliphatic heterocycles. The van der Waals surface area contributed by atoms with Gasteiger partial charge in [-0.1, -0.05) is 27.7 Å². The lowest BCUT2D eigenvalue weighted by Crippen LogP contribution is -2.55. The Labute approximate surface area is 202 Å². The van der Waals surface area contributed by atoms with Crippen LogP contribution >= 0.6 is 0 Å². The first-order valence-electron chi connectivity index (χ1n) is 14.5. The van der Waals surface area contributed by atoms with Gasteiger partial charge in [-0.05, 0) is 129 Å². The summed E-state index contributed by atoms with van der Waals surface area (Å²) in [7, 11) is 0. The number of carbonyl (C=O) groups is 1. The van der Waals surface area contributed by atoms with Gasteiger partial charge >= 0.3 is 5.97 Å². The maximum absolute atomic E-state index is 11.6. The number of carbonyl (C=O) groups excluding carboxylic acids is 1. The van der Waals surface area contributed by atoms with Gasteiger partial charge in [0.2, 0.25) is 0 Å². The average molecular weight is 457 g/mol. The molecule has 6 aliphatic rings. The summed E-state index contributed by atoms with van der Waals surface area (Å²) in [5.41, 5.74) is 1.13. The van der Waals surface area contributed by atoms with Crippen LogP contribution in [0.25, 0.3) is 0 Å². The number of hydrogen-bond acceptors (Lipinski definition) is 3. The molecule has 3 nitrogen and oxygen atoms in total. The van der Waals surface area contributed by atoms with Crippen LogP contribution in [0.1, 0.15) is 112 Å². The molecule has 1 spiro atoms. The third-order valence-electron chi connectivity index (χ3n) is 12.9. The molecule has 1 heterocycles. The van der Waals surface area contributed by atoms with E-state index in [1.54, 1.807) is 6.92 Å². The maximum atomic E-state index is 11.6. The van der Waals surface area contributed by atoms with Crippen molar-refractivity contribution in [3.8, 4) is 0 Å². The van der Waals surface area contributed by atoms with Crippen molar-refractivity contribution in [3.63, 3.8) is 0 Å². The summed E-state index contributed by atoms with van der Waals surface area (Å²) in [5, 5.41) is 0. The highest BCUT2D eigenvalue weighted by molar-refractivity contribution is 5.66. The van der Waals surface area contributed by atoms with Gasteiger partial charge in [-0.15, -0.1) is 0 Å². The molecule has 33 heavy (non-hydrogen) atoms. The fourth-order valence-corrected chi connectivity index (χ4v) is 11.2. The van der Waals surface area contributed by atoms with Crippen LogP contribution in [0.15, 0.2) is 0 Å². The van der Waals surface area contributed by atoms with Gasteiger partial charge in [-0.2, -0.15) is 0 Å². The van der Waals surface area contributed by atoms with Crippen molar-refractivity contribution in [3.05, 3.63) is 0 Å². The number of hydrogen-bond donors (Lipinski definition) is 0. The Kier molecular flexibility index (Phi) is 5.34. The molecule has 1 saturated heterocycles. The monoisotopic (exact) mass is 456 g/mol. The molecule has 0 aromatic carbocycles. The Bertz CT molecular complexity index is 783. The maximum Gasteiger partial charge on any atom is 0.302 e. The van der Waals surface area contributed by atoms with Gasteiger partial charge in [0.15, 0.2) is 0 Å². The van der Waals surface area contributed by atoms with Gasteiger partial charge < -0.3 is 9.47 Å². The quantitative estimate of drug-likeness (QED) is 0.392. The molecule has 5 saturated carbocycles. The minimum Gasteiger partial charge on any atom is -0.463 e. The number of rotatable bonds is 1. The normalized spacial score (nSPS) is 57.7. The van der Waals surface area contributed by atoms with E-state index in [1.165, 1.54) is 64.2 Å². The van der Waals surface area contributed by atoms with Crippen LogP contribution in [0.3, 0.4) is 0 Å². The highest BCUT2D eigenvalue weighted by Gasteiger charge is 2.68. The fraction of sp³-hybridized carbons (Fsp3) is 0.967. The molecule has 0 radical (unpaired) electrons. The second-order valence-corrected chi connectivity index (χ2v) is 14.2. The average Bonchev–Trinajstić information content (AvgIpc) is 3.21. The number of esters is 1. The summed E-state index contributed by atoms with van der Waals surface area (Å²) in [5.74, 6) is 5.65. The van der Waals surface area contributed by atoms with Gasteiger partial charge in [-0.3, -0.25) is 4.79 Å². The van der Waals surface area contributed by atoms with Crippen molar-refractivity contribution in [2.24, 2.45) is 52.3 Å². The van der Waals surface area contributed by atoms with Crippen molar-refractivity contribution in [2.45, 2.75) is 129 Å². The van der Waals surface area contributed by atoms with Crippen molar-refractivity contribution in [2.75, 3.05) is 0 Å². The Morgan fingerprint density at radius 2 is 1.58 bits per heavy atom. The van der Waals surface area contributed by atoms with E-state index in [9.17, 15) is 4.79 Å². The molecule has 3 heteroatoms. The molecular formula is C30H48O3. The summed E-state index contributed by atoms with van der Waals surface area (Å²) in [4.78, 5) is 11.6. The highest BCUT2D eigenvalue weighted by atomic mass is 16.5. The molecule has 6 fully saturated rings. The zero-order valence-electron chi connectivity index (χ0n) is 21.9. The van der Waals surface area contributed by atoms with Crippen LogP contribution < -0.4 is 0 Å². The molecule has 0 aromatic heterocycles. The van der Waals surface area contributed by atoms with Crippen LogP contribution in [-0.2, 0) is 14.3 Å². The van der Waals surface area contributed by atoms with E-state index in [4.69, 9.17) is 9.47 Å². The SMILES string of the molecule is CC(=O)OC1CCC2(C)C(CCC3C2CCC2(C)C3CC3OC4(CCC(C)CC4)[C@@H](C)C32)C1. The van der Waals surface area contributed by atoms with Crippen molar-refractivity contribution >= 4 is 5.97 Å². The summed E-state index contributed by atoms with van der Waals surface area (Å²) in [6, 6.07) is 0. The second-order valence-electron chi connectivity index (χ2n) is 14.2. The molecule has 0 aromatic rings. The Hall–Kier alpha value is -0.570. The Morgan fingerprint density at radius 1 is 0.848 bits per heavy atom. The minimum absolute atomic E-state index is 0.0949. The topological polar surface area (TPSA) is 35.5 Å². The Morgan fingerprint density at radius 3 is 2.30 bits per heavy atom. The van der Waals surface area contributed by atoms with E-state index in [2.05, 4.69) is 27.7 Å². The molecule has 0 bridgehead atoms. The van der Waals surface area contributed by atoms with Gasteiger partial charge in [0, 0.05) is 6.92 Å². The third-order valence-corrected chi connectivity index (χ3v) is 12.9. The van der Waals surface area contributed by atoms with E-state index in [0.29, 0.717) is 16.9 Å². The molecule has 186 valence electrons. The molecule has 6 rings (SSSR count). The Balaban J connectivity index is 1.21. The van der Waals surface area contributed by atoms with Gasteiger partial charge in [0.25, 0.3) is 0 Å². The first-order valence-corrected chi connectivity index (χ1v) is 14.5. The fourth-order valence-electron chi connectivity index (χ4n) is 11.2. The van der Waals surface area contributed by atoms with E-state index in [0.717, 1.165) is 54.3 Å². The summed E-state index contributed by atoms with van der Waals surface area (Å²) >= 11 is 0. The van der Waals surface area contributed by atoms with Crippen molar-refractivity contribution < 1.29 is 14.3 Å². The van der Waals surface area contributed by atoms with E-state index in [-0.39, 0.29) is 17.7 Å². The molecule has 0 N–H and O–H groups in total. The molecular weight excluding hydrogens is 408 g/mol. The van der Waals surface area contributed by atoms with Crippen LogP contribution in [0.4, 0.5) is 0 Å². The van der Waals surface area contributed by atoms with E-state index < -0.39 is 0 Å². The lowest BCUT2D eigenvalue weighted by atomic mass is 9.44. The first-order chi connectivity index (χ1) is 15.7. The van der Waals surface area contributed by atoms with E-state index in [1.807, 2.05) is 0 Å². The summed E-state index contributed by atoms with van der Waals surface area (Å²) in [6.45, 7) is 11.9. The van der Waals surface area contributed by atoms with Crippen LogP contribution in [0.2, 0.25) is 0 Å². The smallest absolute Gasteiger partial charge is 0.302 e. The molecule has 9 unspecified atom stereocenters. The predicted octanol–water partition coefficient (Wildman–Crippen LogP) is 7.17. The zero-order valence-corrected chi connectivity index (χ0v) is 21.9. The van der Waals surface area contributed by atoms with Crippen LogP contribution in [-0.4, -0.2) is 23.8 Å². The van der Waals surface area contributed by atoms with E-state index >= 15 is 0 Å². The van der Waals surface area contributed by atoms with Gasteiger partial charge in [0.1, 0.15) is 6.10 Å². The third kappa shape index (κ3) is 3.26. The largest absolute Gasteiger partial charge is 0.463 e. The molecule has 0 amide bonds. The highest BCUT2D eigenvalue weighted by Crippen LogP contribution is 2.71. The second kappa shape index (κ2) is 7.71. The number of fused-ring (bicyclic) bond motifs is 7. The summed E-state index contributed by atoms with van der Waals surface area (Å²) in [6.07, 6.45) is 16.4. The van der Waals surface area contributed by atoms with Crippen LogP contribution in [0.5, 0.6) is 0 Å². The molecule has 5 aliphatic carbocycles. The predicted molar refractivity (Wildman–Crippen MR) is 131 cm³/mol. The van der Waals surface area contributed by atoms with Crippen LogP contribution in [0, 0.1) is 52.3 Å². The number of ether oxygens (including phenoxy) is 2. The standard InChI is InChI=1S/C30H48O3/c1-18-8-14-30(15-9-18)19(2)27-26(33-30)17-25-23-7-6-21-16-22(32-20(3)31)10-12-28(21,4)24(23)11-13-29(25,27)5/h18-19,21-27H,6-17H2,1-5H3/t18?,19-,21?,22?,23?,24?,25?,26?,27?,28?,29?,30?/m0/s1.